The second-order valence-corrected chi connectivity index (χ2v) is 7.60. The molecule has 1 amide bonds. The molecule has 0 rings (SSSR count). The van der Waals surface area contributed by atoms with Crippen LogP contribution in [0.3, 0.4) is 0 Å². The van der Waals surface area contributed by atoms with Gasteiger partial charge in [-0.3, -0.25) is 9.59 Å². The first-order valence-corrected chi connectivity index (χ1v) is 9.33. The third-order valence-corrected chi connectivity index (χ3v) is 3.26. The minimum absolute atomic E-state index is 0.00150. The fraction of sp³-hybridized carbons (Fsp3) is 0.895. The van der Waals surface area contributed by atoms with Crippen LogP contribution in [0.2, 0.25) is 0 Å². The van der Waals surface area contributed by atoms with Gasteiger partial charge in [0.05, 0.1) is 46.2 Å². The van der Waals surface area contributed by atoms with Crippen LogP contribution in [0.1, 0.15) is 41.0 Å². The summed E-state index contributed by atoms with van der Waals surface area (Å²) < 4.78 is 21.3. The van der Waals surface area contributed by atoms with E-state index in [-0.39, 0.29) is 29.6 Å². The van der Waals surface area contributed by atoms with E-state index in [0.29, 0.717) is 59.2 Å². The van der Waals surface area contributed by atoms with Crippen molar-refractivity contribution in [1.29, 1.82) is 0 Å². The van der Waals surface area contributed by atoms with Gasteiger partial charge in [0.15, 0.2) is 5.78 Å². The van der Waals surface area contributed by atoms with E-state index in [9.17, 15) is 9.59 Å². The van der Waals surface area contributed by atoms with Crippen LogP contribution in [0.5, 0.6) is 0 Å². The van der Waals surface area contributed by atoms with Crippen molar-refractivity contribution in [2.45, 2.75) is 41.0 Å². The minimum atomic E-state index is -0.00150. The highest BCUT2D eigenvalue weighted by atomic mass is 16.6. The Bertz CT molecular complexity index is 379. The molecule has 0 radical (unpaired) electrons. The lowest BCUT2D eigenvalue weighted by Crippen LogP contribution is -2.30. The number of hydrogen-bond acceptors (Lipinski definition) is 6. The van der Waals surface area contributed by atoms with E-state index in [2.05, 4.69) is 5.32 Å². The Labute approximate surface area is 158 Å². The van der Waals surface area contributed by atoms with Crippen LogP contribution in [0, 0.1) is 11.3 Å². The molecule has 0 aliphatic heterocycles. The summed E-state index contributed by atoms with van der Waals surface area (Å²) in [5, 5.41) is 2.83. The molecule has 0 spiro atoms. The van der Waals surface area contributed by atoms with Gasteiger partial charge in [-0.1, -0.05) is 34.6 Å². The van der Waals surface area contributed by atoms with Gasteiger partial charge in [0.25, 0.3) is 0 Å². The number of carbonyl (C=O) groups excluding carboxylic acids is 2. The first kappa shape index (κ1) is 25.0. The molecule has 7 heteroatoms. The Morgan fingerprint density at radius 2 is 1.27 bits per heavy atom. The Kier molecular flexibility index (Phi) is 14.5. The normalized spacial score (nSPS) is 11.8. The molecule has 0 bridgehead atoms. The van der Waals surface area contributed by atoms with Gasteiger partial charge in [-0.15, -0.1) is 0 Å². The van der Waals surface area contributed by atoms with Gasteiger partial charge in [-0.25, -0.2) is 0 Å². The first-order valence-electron chi connectivity index (χ1n) is 9.33. The maximum atomic E-state index is 11.6. The summed E-state index contributed by atoms with van der Waals surface area (Å²) >= 11 is 0. The van der Waals surface area contributed by atoms with Gasteiger partial charge in [0.2, 0.25) is 5.91 Å². The Morgan fingerprint density at radius 3 is 1.73 bits per heavy atom. The molecule has 0 fully saturated rings. The molecule has 0 unspecified atom stereocenters. The molecule has 0 aliphatic carbocycles. The number of ketones is 1. The first-order chi connectivity index (χ1) is 12.2. The molecule has 154 valence electrons. The fourth-order valence-corrected chi connectivity index (χ4v) is 1.81. The topological polar surface area (TPSA) is 83.1 Å². The molecule has 7 nitrogen and oxygen atoms in total. The van der Waals surface area contributed by atoms with Crippen LogP contribution in [-0.2, 0) is 28.5 Å². The zero-order valence-electron chi connectivity index (χ0n) is 17.1. The van der Waals surface area contributed by atoms with Gasteiger partial charge in [0.1, 0.15) is 6.61 Å². The zero-order chi connectivity index (χ0) is 19.8. The van der Waals surface area contributed by atoms with E-state index < -0.39 is 0 Å². The van der Waals surface area contributed by atoms with Gasteiger partial charge >= 0.3 is 0 Å². The Morgan fingerprint density at radius 1 is 0.808 bits per heavy atom. The number of rotatable bonds is 16. The number of ether oxygens (including phenoxy) is 4. The molecule has 0 aromatic carbocycles. The molecule has 0 aromatic rings. The smallest absolute Gasteiger partial charge is 0.220 e. The Hall–Kier alpha value is -1.02. The maximum absolute atomic E-state index is 11.6. The van der Waals surface area contributed by atoms with Gasteiger partial charge in [0, 0.05) is 18.9 Å². The van der Waals surface area contributed by atoms with E-state index in [1.165, 1.54) is 0 Å². The number of Topliss-reactive ketones (excluding diaryl/α,β-unsaturated/α-hetero) is 1. The number of hydrogen-bond donors (Lipinski definition) is 1. The molecule has 0 aliphatic rings. The van der Waals surface area contributed by atoms with E-state index in [0.717, 1.165) is 0 Å². The van der Waals surface area contributed by atoms with E-state index in [4.69, 9.17) is 18.9 Å². The molecule has 0 heterocycles. The van der Waals surface area contributed by atoms with Crippen molar-refractivity contribution in [3.8, 4) is 0 Å². The van der Waals surface area contributed by atoms with Crippen LogP contribution in [0.15, 0.2) is 0 Å². The fourth-order valence-electron chi connectivity index (χ4n) is 1.81. The summed E-state index contributed by atoms with van der Waals surface area (Å²) in [6, 6.07) is 0. The second kappa shape index (κ2) is 15.1. The van der Waals surface area contributed by atoms with Crippen LogP contribution >= 0.6 is 0 Å². The van der Waals surface area contributed by atoms with E-state index >= 15 is 0 Å². The monoisotopic (exact) mass is 375 g/mol. The molecule has 0 atom stereocenters. The van der Waals surface area contributed by atoms with E-state index in [1.807, 2.05) is 34.6 Å². The van der Waals surface area contributed by atoms with Crippen molar-refractivity contribution < 1.29 is 28.5 Å². The molecule has 1 N–H and O–H groups in total. The highest BCUT2D eigenvalue weighted by Crippen LogP contribution is 2.17. The predicted molar refractivity (Wildman–Crippen MR) is 100 cm³/mol. The molecular formula is C19H37NO6. The lowest BCUT2D eigenvalue weighted by molar-refractivity contribution is -0.127. The van der Waals surface area contributed by atoms with Crippen molar-refractivity contribution in [1.82, 2.24) is 5.32 Å². The SMILES string of the molecule is CC(C)C(=O)COCCOCCOCCOCCNC(=O)CC(C)(C)C. The largest absolute Gasteiger partial charge is 0.377 e. The summed E-state index contributed by atoms with van der Waals surface area (Å²) in [6.45, 7) is 13.7. The second-order valence-electron chi connectivity index (χ2n) is 7.60. The van der Waals surface area contributed by atoms with Crippen molar-refractivity contribution in [2.75, 3.05) is 59.4 Å². The molecule has 26 heavy (non-hydrogen) atoms. The van der Waals surface area contributed by atoms with Gasteiger partial charge in [-0.05, 0) is 5.41 Å². The quantitative estimate of drug-likeness (QED) is 0.415. The summed E-state index contributed by atoms with van der Waals surface area (Å²) in [4.78, 5) is 22.9. The minimum Gasteiger partial charge on any atom is -0.377 e. The van der Waals surface area contributed by atoms with Crippen molar-refractivity contribution >= 4 is 11.7 Å². The van der Waals surface area contributed by atoms with Crippen LogP contribution in [0.4, 0.5) is 0 Å². The number of nitrogens with one attached hydrogen (secondary N) is 1. The van der Waals surface area contributed by atoms with Crippen LogP contribution in [-0.4, -0.2) is 71.1 Å². The Balaban J connectivity index is 3.23. The number of carbonyl (C=O) groups is 2. The summed E-state index contributed by atoms with van der Waals surface area (Å²) in [7, 11) is 0. The lowest BCUT2D eigenvalue weighted by Gasteiger charge is -2.17. The third-order valence-electron chi connectivity index (χ3n) is 3.26. The summed E-state index contributed by atoms with van der Waals surface area (Å²) in [5.74, 6) is 0.153. The summed E-state index contributed by atoms with van der Waals surface area (Å²) in [5.41, 5.74) is -0.00150. The molecule has 0 saturated carbocycles. The zero-order valence-corrected chi connectivity index (χ0v) is 17.1. The van der Waals surface area contributed by atoms with Crippen LogP contribution in [0.25, 0.3) is 0 Å². The highest BCUT2D eigenvalue weighted by Gasteiger charge is 2.15. The standard InChI is InChI=1S/C19H37NO6/c1-16(2)17(21)15-26-13-12-25-11-10-24-9-8-23-7-6-20-18(22)14-19(3,4)5/h16H,6-15H2,1-5H3,(H,20,22). The van der Waals surface area contributed by atoms with Gasteiger partial charge in [-0.2, -0.15) is 0 Å². The molecular weight excluding hydrogens is 338 g/mol. The van der Waals surface area contributed by atoms with Crippen molar-refractivity contribution in [2.24, 2.45) is 11.3 Å². The lowest BCUT2D eigenvalue weighted by atomic mass is 9.92. The molecule has 0 saturated heterocycles. The summed E-state index contributed by atoms with van der Waals surface area (Å²) in [6.07, 6.45) is 0.509. The predicted octanol–water partition coefficient (Wildman–Crippen LogP) is 1.83. The maximum Gasteiger partial charge on any atom is 0.220 e. The number of amides is 1. The average Bonchev–Trinajstić information content (AvgIpc) is 2.53. The van der Waals surface area contributed by atoms with E-state index in [1.54, 1.807) is 0 Å². The van der Waals surface area contributed by atoms with Gasteiger partial charge < -0.3 is 24.3 Å². The highest BCUT2D eigenvalue weighted by molar-refractivity contribution is 5.81. The van der Waals surface area contributed by atoms with Crippen molar-refractivity contribution in [3.05, 3.63) is 0 Å². The average molecular weight is 376 g/mol. The third kappa shape index (κ3) is 17.8. The van der Waals surface area contributed by atoms with Crippen molar-refractivity contribution in [3.63, 3.8) is 0 Å². The molecule has 0 aromatic heterocycles. The van der Waals surface area contributed by atoms with Crippen LogP contribution < -0.4 is 5.32 Å².